The summed E-state index contributed by atoms with van der Waals surface area (Å²) in [5.41, 5.74) is 0. The number of rotatable bonds is 1. The molecule has 41 valence electrons. The topological polar surface area (TPSA) is 20.2 Å². The maximum absolute atomic E-state index is 8.38. The lowest BCUT2D eigenvalue weighted by Gasteiger charge is -1.76. The van der Waals surface area contributed by atoms with Gasteiger partial charge in [-0.25, -0.2) is 0 Å². The van der Waals surface area contributed by atoms with Gasteiger partial charge in [-0.2, -0.15) is 0 Å². The van der Waals surface area contributed by atoms with Crippen LogP contribution in [-0.2, 0) is 0 Å². The van der Waals surface area contributed by atoms with Crippen LogP contribution >= 0.6 is 22.9 Å². The zero-order valence-electron chi connectivity index (χ0n) is 3.97. The van der Waals surface area contributed by atoms with Crippen LogP contribution < -0.4 is 4.78 Å². The van der Waals surface area contributed by atoms with Crippen LogP contribution in [0.1, 0.15) is 0 Å². The zero-order chi connectivity index (χ0) is 5.98. The molecule has 0 aliphatic heterocycles. The Morgan fingerprint density at radius 1 is 1.62 bits per heavy atom. The van der Waals surface area contributed by atoms with Crippen LogP contribution in [0.3, 0.4) is 0 Å². The summed E-state index contributed by atoms with van der Waals surface area (Å²) in [6.45, 7) is 0. The fourth-order valence-electron chi connectivity index (χ4n) is 0.398. The van der Waals surface area contributed by atoms with Crippen LogP contribution in [-0.4, -0.2) is 12.5 Å². The second kappa shape index (κ2) is 2.53. The number of hydrogen-bond donors (Lipinski definition) is 1. The number of halogens is 1. The van der Waals surface area contributed by atoms with E-state index in [2.05, 4.69) is 0 Å². The lowest BCUT2D eigenvalue weighted by molar-refractivity contribution is 0.616. The molecule has 1 radical (unpaired) electrons. The normalized spacial score (nSPS) is 9.25. The summed E-state index contributed by atoms with van der Waals surface area (Å²) in [6.07, 6.45) is 0. The average Bonchev–Trinajstić information content (AvgIpc) is 2.14. The Hall–Kier alpha value is 0.0149. The molecule has 0 spiro atoms. The minimum atomic E-state index is 0.699. The van der Waals surface area contributed by atoms with Gasteiger partial charge in [-0.15, -0.1) is 11.3 Å². The molecule has 4 heteroatoms. The van der Waals surface area contributed by atoms with Crippen LogP contribution in [0.15, 0.2) is 12.1 Å². The Kier molecular flexibility index (Phi) is 1.94. The van der Waals surface area contributed by atoms with Gasteiger partial charge in [-0.05, 0) is 6.07 Å². The molecule has 0 aliphatic rings. The molecule has 1 heterocycles. The number of thiophene rings is 1. The van der Waals surface area contributed by atoms with Gasteiger partial charge in [0.05, 0.1) is 4.34 Å². The predicted octanol–water partition coefficient (Wildman–Crippen LogP) is 0.638. The minimum Gasteiger partial charge on any atom is -0.449 e. The minimum absolute atomic E-state index is 0.699. The van der Waals surface area contributed by atoms with Crippen LogP contribution in [0.5, 0.6) is 0 Å². The largest absolute Gasteiger partial charge is 0.449 e. The molecule has 0 saturated heterocycles. The molecule has 0 atom stereocenters. The Labute approximate surface area is 57.2 Å². The highest BCUT2D eigenvalue weighted by atomic mass is 35.5. The van der Waals surface area contributed by atoms with Gasteiger partial charge < -0.3 is 5.02 Å². The van der Waals surface area contributed by atoms with E-state index in [1.807, 2.05) is 0 Å². The molecule has 1 aromatic heterocycles. The first-order valence-corrected chi connectivity index (χ1v) is 3.25. The molecule has 0 saturated carbocycles. The van der Waals surface area contributed by atoms with Crippen molar-refractivity contribution in [3.8, 4) is 0 Å². The molecular weight excluding hydrogens is 142 g/mol. The van der Waals surface area contributed by atoms with E-state index in [1.165, 1.54) is 11.3 Å². The highest BCUT2D eigenvalue weighted by Crippen LogP contribution is 2.11. The van der Waals surface area contributed by atoms with Gasteiger partial charge in [0.2, 0.25) is 0 Å². The molecule has 1 nitrogen and oxygen atoms in total. The Bertz CT molecular complexity index is 176. The number of hydrogen-bond acceptors (Lipinski definition) is 2. The van der Waals surface area contributed by atoms with Gasteiger partial charge in [-0.1, -0.05) is 17.7 Å². The molecule has 0 unspecified atom stereocenters. The van der Waals surface area contributed by atoms with Gasteiger partial charge in [-0.3, -0.25) is 0 Å². The van der Waals surface area contributed by atoms with Crippen LogP contribution in [0.2, 0.25) is 4.34 Å². The van der Waals surface area contributed by atoms with E-state index in [4.69, 9.17) is 16.6 Å². The second-order valence-corrected chi connectivity index (χ2v) is 3.02. The highest BCUT2D eigenvalue weighted by Gasteiger charge is 1.95. The van der Waals surface area contributed by atoms with Crippen molar-refractivity contribution in [2.45, 2.75) is 0 Å². The van der Waals surface area contributed by atoms with Gasteiger partial charge >= 0.3 is 7.48 Å². The Morgan fingerprint density at radius 3 is 2.62 bits per heavy atom. The van der Waals surface area contributed by atoms with Crippen LogP contribution in [0.25, 0.3) is 0 Å². The van der Waals surface area contributed by atoms with E-state index in [0.717, 1.165) is 12.3 Å². The van der Waals surface area contributed by atoms with E-state index in [1.54, 1.807) is 12.1 Å². The highest BCUT2D eigenvalue weighted by molar-refractivity contribution is 7.24. The first-order valence-electron chi connectivity index (χ1n) is 2.05. The maximum atomic E-state index is 8.38. The van der Waals surface area contributed by atoms with Crippen LogP contribution in [0.4, 0.5) is 0 Å². The standard InChI is InChI=1S/C4H3BClOS/c6-4-2-1-3(5-7)8-4/h1-2,7H. The summed E-state index contributed by atoms with van der Waals surface area (Å²) in [4.78, 5) is 0. The maximum Gasteiger partial charge on any atom is 0.337 e. The van der Waals surface area contributed by atoms with Crippen molar-refractivity contribution in [1.29, 1.82) is 0 Å². The monoisotopic (exact) mass is 145 g/mol. The first-order chi connectivity index (χ1) is 3.83. The quantitative estimate of drug-likeness (QED) is 0.575. The van der Waals surface area contributed by atoms with Crippen molar-refractivity contribution in [2.75, 3.05) is 0 Å². The van der Waals surface area contributed by atoms with E-state index < -0.39 is 0 Å². The van der Waals surface area contributed by atoms with Gasteiger partial charge in [0, 0.05) is 4.78 Å². The lowest BCUT2D eigenvalue weighted by Crippen LogP contribution is -2.05. The Morgan fingerprint density at radius 2 is 2.38 bits per heavy atom. The summed E-state index contributed by atoms with van der Waals surface area (Å²) in [6, 6.07) is 3.50. The third-order valence-electron chi connectivity index (χ3n) is 0.721. The Balaban J connectivity index is 2.84. The predicted molar refractivity (Wildman–Crippen MR) is 36.9 cm³/mol. The average molecular weight is 145 g/mol. The summed E-state index contributed by atoms with van der Waals surface area (Å²) in [5, 5.41) is 8.38. The third-order valence-corrected chi connectivity index (χ3v) is 1.89. The smallest absolute Gasteiger partial charge is 0.337 e. The van der Waals surface area contributed by atoms with Crippen LogP contribution in [0, 0.1) is 0 Å². The molecule has 0 bridgehead atoms. The van der Waals surface area contributed by atoms with Gasteiger partial charge in [0.15, 0.2) is 0 Å². The van der Waals surface area contributed by atoms with Crippen molar-refractivity contribution in [1.82, 2.24) is 0 Å². The molecule has 1 rings (SSSR count). The molecule has 1 N–H and O–H groups in total. The molecule has 0 amide bonds. The second-order valence-electron chi connectivity index (χ2n) is 1.27. The molecular formula is C4H3BClOS. The molecule has 1 aromatic rings. The summed E-state index contributed by atoms with van der Waals surface area (Å²) < 4.78 is 1.49. The van der Waals surface area contributed by atoms with E-state index in [0.29, 0.717) is 4.34 Å². The molecule has 0 aliphatic carbocycles. The third kappa shape index (κ3) is 1.25. The fraction of sp³-hybridized carbons (Fsp3) is 0. The SMILES string of the molecule is O[B]c1ccc(Cl)s1. The van der Waals surface area contributed by atoms with Gasteiger partial charge in [0.25, 0.3) is 0 Å². The van der Waals surface area contributed by atoms with Gasteiger partial charge in [0.1, 0.15) is 0 Å². The van der Waals surface area contributed by atoms with E-state index in [-0.39, 0.29) is 0 Å². The van der Waals surface area contributed by atoms with E-state index in [9.17, 15) is 0 Å². The van der Waals surface area contributed by atoms with E-state index >= 15 is 0 Å². The first kappa shape index (κ1) is 6.14. The van der Waals surface area contributed by atoms with Crippen molar-refractivity contribution in [3.05, 3.63) is 16.5 Å². The summed E-state index contributed by atoms with van der Waals surface area (Å²) >= 11 is 6.87. The van der Waals surface area contributed by atoms with Crippen molar-refractivity contribution < 1.29 is 5.02 Å². The van der Waals surface area contributed by atoms with Crippen molar-refractivity contribution in [2.24, 2.45) is 0 Å². The summed E-state index contributed by atoms with van der Waals surface area (Å²) in [5.74, 6) is 0. The van der Waals surface area contributed by atoms with Crippen molar-refractivity contribution >= 4 is 35.2 Å². The zero-order valence-corrected chi connectivity index (χ0v) is 5.54. The molecule has 0 fully saturated rings. The van der Waals surface area contributed by atoms with Crippen molar-refractivity contribution in [3.63, 3.8) is 0 Å². The molecule has 0 aromatic carbocycles. The fourth-order valence-corrected chi connectivity index (χ4v) is 1.28. The lowest BCUT2D eigenvalue weighted by atomic mass is 10.0. The molecule has 8 heavy (non-hydrogen) atoms. The summed E-state index contributed by atoms with van der Waals surface area (Å²) in [7, 11) is 1.04.